The molecule has 6 heteroatoms. The molecule has 150 valence electrons. The van der Waals surface area contributed by atoms with E-state index in [2.05, 4.69) is 43.8 Å². The van der Waals surface area contributed by atoms with E-state index in [-0.39, 0.29) is 5.04 Å². The molecule has 1 aliphatic carbocycles. The maximum absolute atomic E-state index is 10.0. The first-order valence-corrected chi connectivity index (χ1v) is 12.6. The van der Waals surface area contributed by atoms with E-state index in [9.17, 15) is 5.11 Å². The second-order valence-corrected chi connectivity index (χ2v) is 13.6. The summed E-state index contributed by atoms with van der Waals surface area (Å²) < 4.78 is 11.9. The van der Waals surface area contributed by atoms with E-state index >= 15 is 0 Å². The van der Waals surface area contributed by atoms with Crippen molar-refractivity contribution in [2.75, 3.05) is 13.2 Å². The van der Waals surface area contributed by atoms with Gasteiger partial charge in [0.05, 0.1) is 18.0 Å². The molecule has 0 spiro atoms. The highest BCUT2D eigenvalue weighted by atomic mass is 28.4. The zero-order chi connectivity index (χ0) is 20.7. The summed E-state index contributed by atoms with van der Waals surface area (Å²) in [5.74, 6) is 0.313. The Kier molecular flexibility index (Phi) is 5.38. The van der Waals surface area contributed by atoms with Gasteiger partial charge in [-0.2, -0.15) is 9.97 Å². The number of benzene rings is 1. The molecule has 0 saturated carbocycles. The molecule has 0 fully saturated rings. The Hall–Kier alpha value is -2.18. The minimum absolute atomic E-state index is 0.176. The lowest BCUT2D eigenvalue weighted by atomic mass is 9.86. The number of aromatic nitrogens is 2. The molecule has 0 atom stereocenters. The minimum atomic E-state index is -1.78. The maximum Gasteiger partial charge on any atom is 0.316 e. The molecule has 1 N–H and O–H groups in total. The number of nitrogens with zero attached hydrogens (tertiary/aromatic N) is 2. The van der Waals surface area contributed by atoms with Crippen molar-refractivity contribution in [2.45, 2.75) is 52.8 Å². The van der Waals surface area contributed by atoms with Crippen molar-refractivity contribution in [2.24, 2.45) is 0 Å². The number of aliphatic hydroxyl groups excluding tert-OH is 1. The van der Waals surface area contributed by atoms with E-state index in [0.717, 1.165) is 33.6 Å². The average Bonchev–Trinajstić information content (AvgIpc) is 2.56. The molecule has 5 nitrogen and oxygen atoms in total. The van der Waals surface area contributed by atoms with Gasteiger partial charge in [-0.1, -0.05) is 39.0 Å². The number of rotatable bonds is 6. The van der Waals surface area contributed by atoms with Gasteiger partial charge in [0.1, 0.15) is 12.4 Å². The van der Waals surface area contributed by atoms with Crippen LogP contribution in [0.2, 0.25) is 18.1 Å². The van der Waals surface area contributed by atoms with Crippen LogP contribution in [0, 0.1) is 13.8 Å². The zero-order valence-corrected chi connectivity index (χ0v) is 18.9. The molecule has 1 aromatic carbocycles. The van der Waals surface area contributed by atoms with Crippen LogP contribution in [0.15, 0.2) is 18.2 Å². The van der Waals surface area contributed by atoms with Crippen molar-refractivity contribution < 1.29 is 14.3 Å². The van der Waals surface area contributed by atoms with Crippen LogP contribution >= 0.6 is 0 Å². The first kappa shape index (κ1) is 20.5. The van der Waals surface area contributed by atoms with E-state index in [1.165, 1.54) is 0 Å². The lowest BCUT2D eigenvalue weighted by Gasteiger charge is -2.36. The standard InChI is InChI=1S/C22H30N2O3Si/c1-14-19(17-10-8-9-16-13-18(25)20(16)17)15(2)24-21(23-14)26-11-12-27-28(6,7)22(3,4)5/h8-10,13,25H,11-12H2,1-7H3. The lowest BCUT2D eigenvalue weighted by Crippen LogP contribution is -2.41. The number of aliphatic hydroxyl groups is 1. The third kappa shape index (κ3) is 3.84. The molecule has 0 aliphatic heterocycles. The molecule has 1 aromatic heterocycles. The normalized spacial score (nSPS) is 13.6. The van der Waals surface area contributed by atoms with Gasteiger partial charge in [-0.3, -0.25) is 0 Å². The highest BCUT2D eigenvalue weighted by molar-refractivity contribution is 6.74. The topological polar surface area (TPSA) is 64.5 Å². The summed E-state index contributed by atoms with van der Waals surface area (Å²) >= 11 is 0. The van der Waals surface area contributed by atoms with Gasteiger partial charge in [0.15, 0.2) is 8.32 Å². The summed E-state index contributed by atoms with van der Waals surface area (Å²) in [5.41, 5.74) is 5.48. The molecule has 28 heavy (non-hydrogen) atoms. The van der Waals surface area contributed by atoms with Crippen molar-refractivity contribution >= 4 is 20.2 Å². The fourth-order valence-electron chi connectivity index (χ4n) is 3.11. The van der Waals surface area contributed by atoms with E-state index in [1.807, 2.05) is 32.0 Å². The quantitative estimate of drug-likeness (QED) is 0.512. The third-order valence-electron chi connectivity index (χ3n) is 5.75. The third-order valence-corrected chi connectivity index (χ3v) is 10.3. The first-order chi connectivity index (χ1) is 13.0. The second-order valence-electron chi connectivity index (χ2n) is 8.81. The molecular weight excluding hydrogens is 368 g/mol. The SMILES string of the molecule is Cc1nc(OCCO[Si](C)(C)C(C)(C)C)nc(C)c1-c1cccc2c1C(O)=C2. The second kappa shape index (κ2) is 7.33. The Morgan fingerprint density at radius 3 is 2.21 bits per heavy atom. The largest absolute Gasteiger partial charge is 0.507 e. The summed E-state index contributed by atoms with van der Waals surface area (Å²) in [5, 5.41) is 10.2. The predicted octanol–water partition coefficient (Wildman–Crippen LogP) is 5.53. The summed E-state index contributed by atoms with van der Waals surface area (Å²) in [4.78, 5) is 9.07. The Bertz CT molecular complexity index is 907. The molecule has 1 heterocycles. The van der Waals surface area contributed by atoms with Crippen LogP contribution in [0.3, 0.4) is 0 Å². The van der Waals surface area contributed by atoms with Crippen molar-refractivity contribution in [3.63, 3.8) is 0 Å². The summed E-state index contributed by atoms with van der Waals surface area (Å²) in [6.45, 7) is 16.0. The Labute approximate surface area is 168 Å². The number of aryl methyl sites for hydroxylation is 2. The van der Waals surface area contributed by atoms with Crippen molar-refractivity contribution in [1.29, 1.82) is 0 Å². The summed E-state index contributed by atoms with van der Waals surface area (Å²) in [6, 6.07) is 6.34. The van der Waals surface area contributed by atoms with Gasteiger partial charge < -0.3 is 14.3 Å². The summed E-state index contributed by atoms with van der Waals surface area (Å²) in [6.07, 6.45) is 1.77. The summed E-state index contributed by atoms with van der Waals surface area (Å²) in [7, 11) is -1.78. The van der Waals surface area contributed by atoms with Crippen LogP contribution in [-0.2, 0) is 4.43 Å². The van der Waals surface area contributed by atoms with Crippen LogP contribution in [0.5, 0.6) is 6.01 Å². The molecule has 2 aromatic rings. The van der Waals surface area contributed by atoms with E-state index in [0.29, 0.717) is 25.0 Å². The van der Waals surface area contributed by atoms with E-state index in [4.69, 9.17) is 9.16 Å². The smallest absolute Gasteiger partial charge is 0.316 e. The van der Waals surface area contributed by atoms with Gasteiger partial charge >= 0.3 is 6.01 Å². The van der Waals surface area contributed by atoms with Gasteiger partial charge in [0.25, 0.3) is 0 Å². The van der Waals surface area contributed by atoms with Crippen LogP contribution in [0.4, 0.5) is 0 Å². The van der Waals surface area contributed by atoms with E-state index in [1.54, 1.807) is 6.08 Å². The number of fused-ring (bicyclic) bond motifs is 1. The molecule has 0 saturated heterocycles. The maximum atomic E-state index is 10.0. The van der Waals surface area contributed by atoms with Crippen molar-refractivity contribution in [1.82, 2.24) is 9.97 Å². The highest BCUT2D eigenvalue weighted by Crippen LogP contribution is 2.40. The predicted molar refractivity (Wildman–Crippen MR) is 116 cm³/mol. The number of hydrogen-bond donors (Lipinski definition) is 1. The van der Waals surface area contributed by atoms with E-state index < -0.39 is 8.32 Å². The van der Waals surface area contributed by atoms with Crippen LogP contribution in [0.1, 0.15) is 43.3 Å². The van der Waals surface area contributed by atoms with Gasteiger partial charge in [-0.25, -0.2) is 0 Å². The molecule has 0 unspecified atom stereocenters. The minimum Gasteiger partial charge on any atom is -0.507 e. The van der Waals surface area contributed by atoms with Crippen molar-refractivity contribution in [3.8, 4) is 17.1 Å². The monoisotopic (exact) mass is 398 g/mol. The Balaban J connectivity index is 1.71. The first-order valence-electron chi connectivity index (χ1n) is 9.67. The Morgan fingerprint density at radius 2 is 1.64 bits per heavy atom. The van der Waals surface area contributed by atoms with Gasteiger partial charge in [-0.05, 0) is 49.2 Å². The molecule has 0 radical (unpaired) electrons. The molecule has 0 bridgehead atoms. The van der Waals surface area contributed by atoms with Gasteiger partial charge in [0, 0.05) is 11.1 Å². The Morgan fingerprint density at radius 1 is 1.00 bits per heavy atom. The zero-order valence-electron chi connectivity index (χ0n) is 17.9. The van der Waals surface area contributed by atoms with Crippen LogP contribution in [0.25, 0.3) is 23.0 Å². The fourth-order valence-corrected chi connectivity index (χ4v) is 4.14. The molecule has 1 aliphatic rings. The molecule has 3 rings (SSSR count). The number of hydrogen-bond acceptors (Lipinski definition) is 5. The molecule has 0 amide bonds. The lowest BCUT2D eigenvalue weighted by molar-refractivity contribution is 0.193. The van der Waals surface area contributed by atoms with Crippen LogP contribution < -0.4 is 4.74 Å². The molecular formula is C22H30N2O3Si. The van der Waals surface area contributed by atoms with Gasteiger partial charge in [-0.15, -0.1) is 0 Å². The van der Waals surface area contributed by atoms with Gasteiger partial charge in [0.2, 0.25) is 0 Å². The van der Waals surface area contributed by atoms with Crippen molar-refractivity contribution in [3.05, 3.63) is 40.7 Å². The van der Waals surface area contributed by atoms with Crippen LogP contribution in [-0.4, -0.2) is 36.6 Å². The average molecular weight is 399 g/mol. The fraction of sp³-hybridized carbons (Fsp3) is 0.455. The highest BCUT2D eigenvalue weighted by Gasteiger charge is 2.36. The number of ether oxygens (including phenoxy) is 1.